The number of nitrogens with zero attached hydrogens (tertiary/aromatic N) is 3. The van der Waals surface area contributed by atoms with Crippen molar-refractivity contribution in [1.29, 1.82) is 0 Å². The van der Waals surface area contributed by atoms with Crippen LogP contribution in [-0.4, -0.2) is 26.3 Å². The van der Waals surface area contributed by atoms with E-state index in [1.165, 1.54) is 34.9 Å². The van der Waals surface area contributed by atoms with Crippen molar-refractivity contribution in [2.24, 2.45) is 5.73 Å². The lowest BCUT2D eigenvalue weighted by molar-refractivity contribution is -0.137. The minimum atomic E-state index is -4.44. The summed E-state index contributed by atoms with van der Waals surface area (Å²) in [6, 6.07) is 20.5. The number of carbonyl (C=O) groups excluding carboxylic acids is 2. The van der Waals surface area contributed by atoms with Gasteiger partial charge in [-0.2, -0.15) is 23.1 Å². The van der Waals surface area contributed by atoms with Gasteiger partial charge in [0.2, 0.25) is 5.91 Å². The molecule has 2 heterocycles. The Kier molecular flexibility index (Phi) is 7.93. The lowest BCUT2D eigenvalue weighted by atomic mass is 10.1. The van der Waals surface area contributed by atoms with E-state index >= 15 is 0 Å². The van der Waals surface area contributed by atoms with Crippen LogP contribution in [0.3, 0.4) is 0 Å². The van der Waals surface area contributed by atoms with E-state index in [1.54, 1.807) is 49.4 Å². The van der Waals surface area contributed by atoms with E-state index in [2.05, 4.69) is 15.3 Å². The number of ether oxygens (including phenoxy) is 1. The van der Waals surface area contributed by atoms with Crippen LogP contribution < -0.4 is 21.3 Å². The Hall–Kier alpha value is -5.52. The number of primary amides is 1. The van der Waals surface area contributed by atoms with Gasteiger partial charge in [0, 0.05) is 23.6 Å². The van der Waals surface area contributed by atoms with Gasteiger partial charge in [-0.25, -0.2) is 0 Å². The van der Waals surface area contributed by atoms with Crippen molar-refractivity contribution in [3.05, 3.63) is 123 Å². The third-order valence-electron chi connectivity index (χ3n) is 6.55. The van der Waals surface area contributed by atoms with E-state index in [-0.39, 0.29) is 24.5 Å². The molecule has 218 valence electrons. The number of nitrogens with one attached hydrogen (secondary N) is 1. The second-order valence-electron chi connectivity index (χ2n) is 9.65. The molecule has 9 nitrogen and oxygen atoms in total. The molecular formula is C31H24F3N5O4. The summed E-state index contributed by atoms with van der Waals surface area (Å²) in [5.74, 6) is -0.470. The molecule has 0 radical (unpaired) electrons. The molecule has 2 aromatic heterocycles. The van der Waals surface area contributed by atoms with Crippen LogP contribution >= 0.6 is 0 Å². The summed E-state index contributed by atoms with van der Waals surface area (Å²) in [5, 5.41) is 3.29. The molecule has 12 heteroatoms. The van der Waals surface area contributed by atoms with Crippen LogP contribution in [0, 0.1) is 6.92 Å². The molecule has 0 aliphatic rings. The van der Waals surface area contributed by atoms with Gasteiger partial charge < -0.3 is 15.8 Å². The van der Waals surface area contributed by atoms with Gasteiger partial charge in [0.1, 0.15) is 5.75 Å². The van der Waals surface area contributed by atoms with Gasteiger partial charge in [-0.05, 0) is 72.6 Å². The first kappa shape index (κ1) is 29.0. The van der Waals surface area contributed by atoms with Crippen molar-refractivity contribution in [1.82, 2.24) is 19.9 Å². The zero-order valence-corrected chi connectivity index (χ0v) is 22.7. The normalized spacial score (nSPS) is 11.3. The number of rotatable bonds is 8. The highest BCUT2D eigenvalue weighted by atomic mass is 19.4. The number of hydrogen-bond donors (Lipinski definition) is 2. The van der Waals surface area contributed by atoms with Crippen LogP contribution in [0.2, 0.25) is 0 Å². The minimum absolute atomic E-state index is 0.00580. The summed E-state index contributed by atoms with van der Waals surface area (Å²) in [6.07, 6.45) is -4.34. The number of alkyl halides is 3. The molecule has 5 rings (SSSR count). The van der Waals surface area contributed by atoms with Crippen LogP contribution in [0.15, 0.2) is 89.7 Å². The maximum Gasteiger partial charge on any atom is 0.416 e. The van der Waals surface area contributed by atoms with Crippen molar-refractivity contribution in [3.63, 3.8) is 0 Å². The monoisotopic (exact) mass is 587 g/mol. The Balaban J connectivity index is 1.36. The highest BCUT2D eigenvalue weighted by molar-refractivity contribution is 5.94. The number of fused-ring (bicyclic) bond motifs is 1. The number of hydrogen-bond acceptors (Lipinski definition) is 6. The summed E-state index contributed by atoms with van der Waals surface area (Å²) in [6.45, 7) is 1.79. The largest absolute Gasteiger partial charge is 0.424 e. The predicted molar refractivity (Wildman–Crippen MR) is 152 cm³/mol. The Morgan fingerprint density at radius 1 is 0.884 bits per heavy atom. The first-order chi connectivity index (χ1) is 20.5. The Morgan fingerprint density at radius 3 is 2.16 bits per heavy atom. The van der Waals surface area contributed by atoms with Gasteiger partial charge in [-0.3, -0.25) is 19.0 Å². The van der Waals surface area contributed by atoms with E-state index in [4.69, 9.17) is 10.5 Å². The Bertz CT molecular complexity index is 1870. The van der Waals surface area contributed by atoms with Gasteiger partial charge in [-0.15, -0.1) is 0 Å². The topological polar surface area (TPSA) is 129 Å². The molecule has 0 aliphatic carbocycles. The van der Waals surface area contributed by atoms with Crippen LogP contribution in [-0.2, 0) is 23.9 Å². The van der Waals surface area contributed by atoms with Gasteiger partial charge in [0.15, 0.2) is 5.65 Å². The number of halogens is 3. The van der Waals surface area contributed by atoms with Gasteiger partial charge in [0.05, 0.1) is 23.4 Å². The standard InChI is InChI=1S/C31H24F3N5O4/c1-18-25-14-15-27(41)39(28(25)38-30(37-18)43-24-12-4-19(5-13-24)16-26(35)40)23-10-6-21(7-11-23)29(42)36-17-20-2-8-22(9-3-20)31(32,33)34/h2-15H,16-17H2,1H3,(H2,35,40)(H,36,42). The molecule has 43 heavy (non-hydrogen) atoms. The number of nitrogens with two attached hydrogens (primary N) is 1. The molecule has 0 saturated carbocycles. The van der Waals surface area contributed by atoms with Gasteiger partial charge >= 0.3 is 12.2 Å². The molecule has 0 atom stereocenters. The predicted octanol–water partition coefficient (Wildman–Crippen LogP) is 4.86. The summed E-state index contributed by atoms with van der Waals surface area (Å²) in [7, 11) is 0. The number of pyridine rings is 1. The van der Waals surface area contributed by atoms with Crippen LogP contribution in [0.5, 0.6) is 11.8 Å². The van der Waals surface area contributed by atoms with E-state index in [0.717, 1.165) is 17.7 Å². The van der Waals surface area contributed by atoms with E-state index in [0.29, 0.717) is 39.3 Å². The second-order valence-corrected chi connectivity index (χ2v) is 9.65. The Morgan fingerprint density at radius 2 is 1.53 bits per heavy atom. The van der Waals surface area contributed by atoms with E-state index in [9.17, 15) is 27.6 Å². The highest BCUT2D eigenvalue weighted by Crippen LogP contribution is 2.29. The number of carbonyl (C=O) groups is 2. The molecule has 3 aromatic carbocycles. The molecule has 0 bridgehead atoms. The third-order valence-corrected chi connectivity index (χ3v) is 6.55. The number of aryl methyl sites for hydroxylation is 1. The number of amides is 2. The number of aromatic nitrogens is 3. The first-order valence-corrected chi connectivity index (χ1v) is 13.0. The van der Waals surface area contributed by atoms with Crippen LogP contribution in [0.1, 0.15) is 32.7 Å². The fourth-order valence-electron chi connectivity index (χ4n) is 4.38. The van der Waals surface area contributed by atoms with Crippen molar-refractivity contribution in [2.45, 2.75) is 26.1 Å². The van der Waals surface area contributed by atoms with E-state index < -0.39 is 23.6 Å². The molecule has 3 N–H and O–H groups in total. The molecule has 0 spiro atoms. The summed E-state index contributed by atoms with van der Waals surface area (Å²) < 4.78 is 45.5. The second kappa shape index (κ2) is 11.8. The minimum Gasteiger partial charge on any atom is -0.424 e. The van der Waals surface area contributed by atoms with Crippen molar-refractivity contribution >= 4 is 22.8 Å². The Labute approximate surface area is 242 Å². The van der Waals surface area contributed by atoms with Crippen molar-refractivity contribution in [2.75, 3.05) is 0 Å². The zero-order chi connectivity index (χ0) is 30.7. The molecule has 5 aromatic rings. The van der Waals surface area contributed by atoms with Crippen molar-refractivity contribution < 1.29 is 27.5 Å². The quantitative estimate of drug-likeness (QED) is 0.267. The smallest absolute Gasteiger partial charge is 0.416 e. The summed E-state index contributed by atoms with van der Waals surface area (Å²) >= 11 is 0. The highest BCUT2D eigenvalue weighted by Gasteiger charge is 2.29. The maximum absolute atomic E-state index is 13.0. The fourth-order valence-corrected chi connectivity index (χ4v) is 4.38. The fraction of sp³-hybridized carbons (Fsp3) is 0.129. The molecule has 2 amide bonds. The average molecular weight is 588 g/mol. The average Bonchev–Trinajstić information content (AvgIpc) is 2.96. The molecular weight excluding hydrogens is 563 g/mol. The molecule has 0 fully saturated rings. The molecule has 0 saturated heterocycles. The first-order valence-electron chi connectivity index (χ1n) is 13.0. The lowest BCUT2D eigenvalue weighted by Crippen LogP contribution is -2.23. The molecule has 0 aliphatic heterocycles. The number of benzene rings is 3. The van der Waals surface area contributed by atoms with Crippen LogP contribution in [0.25, 0.3) is 16.7 Å². The van der Waals surface area contributed by atoms with Crippen LogP contribution in [0.4, 0.5) is 13.2 Å². The lowest BCUT2D eigenvalue weighted by Gasteiger charge is -2.13. The summed E-state index contributed by atoms with van der Waals surface area (Å²) in [4.78, 5) is 45.7. The van der Waals surface area contributed by atoms with Gasteiger partial charge in [-0.1, -0.05) is 24.3 Å². The van der Waals surface area contributed by atoms with Crippen molar-refractivity contribution in [3.8, 4) is 17.4 Å². The SMILES string of the molecule is Cc1nc(Oc2ccc(CC(N)=O)cc2)nc2c1ccc(=O)n2-c1ccc(C(=O)NCc2ccc(C(F)(F)F)cc2)cc1. The molecule has 0 unspecified atom stereocenters. The van der Waals surface area contributed by atoms with Gasteiger partial charge in [0.25, 0.3) is 11.5 Å². The summed E-state index contributed by atoms with van der Waals surface area (Å²) in [5.41, 5.74) is 6.92. The maximum atomic E-state index is 13.0. The zero-order valence-electron chi connectivity index (χ0n) is 22.7. The third kappa shape index (κ3) is 6.70. The van der Waals surface area contributed by atoms with E-state index in [1.807, 2.05) is 0 Å².